The number of amides is 1. The van der Waals surface area contributed by atoms with E-state index >= 15 is 0 Å². The van der Waals surface area contributed by atoms with E-state index < -0.39 is 5.60 Å². The Morgan fingerprint density at radius 2 is 2.14 bits per heavy atom. The van der Waals surface area contributed by atoms with Crippen molar-refractivity contribution in [1.29, 1.82) is 0 Å². The van der Waals surface area contributed by atoms with Gasteiger partial charge in [-0.1, -0.05) is 0 Å². The third-order valence-corrected chi connectivity index (χ3v) is 2.17. The van der Waals surface area contributed by atoms with Crippen LogP contribution in [-0.2, 0) is 4.74 Å². The molecule has 1 aliphatic heterocycles. The fraction of sp³-hybridized carbons (Fsp3) is 0.900. The first-order chi connectivity index (χ1) is 6.31. The average molecular weight is 200 g/mol. The van der Waals surface area contributed by atoms with Gasteiger partial charge in [0.2, 0.25) is 0 Å². The van der Waals surface area contributed by atoms with Crippen LogP contribution in [0.2, 0.25) is 0 Å². The summed E-state index contributed by atoms with van der Waals surface area (Å²) >= 11 is 0. The van der Waals surface area contributed by atoms with Crippen molar-refractivity contribution in [3.63, 3.8) is 0 Å². The van der Waals surface area contributed by atoms with Crippen molar-refractivity contribution in [1.82, 2.24) is 10.6 Å². The number of alkyl carbamates (subject to hydrolysis) is 1. The Labute approximate surface area is 85.4 Å². The van der Waals surface area contributed by atoms with Gasteiger partial charge in [0.15, 0.2) is 0 Å². The molecule has 0 aromatic carbocycles. The van der Waals surface area contributed by atoms with Crippen LogP contribution >= 0.6 is 0 Å². The van der Waals surface area contributed by atoms with E-state index in [-0.39, 0.29) is 11.6 Å². The highest BCUT2D eigenvalue weighted by atomic mass is 16.6. The molecule has 4 heteroatoms. The maximum absolute atomic E-state index is 11.5. The molecule has 1 rings (SSSR count). The van der Waals surface area contributed by atoms with Gasteiger partial charge in [-0.3, -0.25) is 0 Å². The highest BCUT2D eigenvalue weighted by Crippen LogP contribution is 2.15. The number of carbonyl (C=O) groups excluding carboxylic acids is 1. The Morgan fingerprint density at radius 3 is 2.57 bits per heavy atom. The summed E-state index contributed by atoms with van der Waals surface area (Å²) in [5.41, 5.74) is -0.575. The fourth-order valence-corrected chi connectivity index (χ4v) is 1.47. The van der Waals surface area contributed by atoms with Crippen LogP contribution in [0.25, 0.3) is 0 Å². The van der Waals surface area contributed by atoms with Gasteiger partial charge in [0.1, 0.15) is 5.60 Å². The number of nitrogens with one attached hydrogen (secondary N) is 2. The van der Waals surface area contributed by atoms with Crippen LogP contribution in [0.4, 0.5) is 4.79 Å². The molecule has 1 amide bonds. The summed E-state index contributed by atoms with van der Waals surface area (Å²) in [6.45, 7) is 9.38. The molecular formula is C10H20N2O2. The highest BCUT2D eigenvalue weighted by molar-refractivity contribution is 5.68. The summed E-state index contributed by atoms with van der Waals surface area (Å²) < 4.78 is 5.19. The lowest BCUT2D eigenvalue weighted by Gasteiger charge is -2.27. The third kappa shape index (κ3) is 3.54. The molecule has 82 valence electrons. The number of ether oxygens (including phenoxy) is 1. The lowest BCUT2D eigenvalue weighted by molar-refractivity contribution is 0.0472. The zero-order valence-corrected chi connectivity index (χ0v) is 9.44. The van der Waals surface area contributed by atoms with Gasteiger partial charge < -0.3 is 15.4 Å². The summed E-state index contributed by atoms with van der Waals surface area (Å²) in [5.74, 6) is 0. The molecule has 1 atom stereocenters. The van der Waals surface area contributed by atoms with Gasteiger partial charge in [0.05, 0.1) is 5.54 Å². The van der Waals surface area contributed by atoms with E-state index in [0.29, 0.717) is 0 Å². The van der Waals surface area contributed by atoms with Gasteiger partial charge in [0.25, 0.3) is 0 Å². The summed E-state index contributed by atoms with van der Waals surface area (Å²) in [6, 6.07) is 0. The minimum atomic E-state index is -0.424. The molecule has 0 bridgehead atoms. The SMILES string of the molecule is CC1(NC(=O)OC(C)(C)C)CCNC1. The number of carbonyl (C=O) groups is 1. The lowest BCUT2D eigenvalue weighted by atomic mass is 10.0. The normalized spacial score (nSPS) is 27.4. The van der Waals surface area contributed by atoms with Gasteiger partial charge >= 0.3 is 6.09 Å². The lowest BCUT2D eigenvalue weighted by Crippen LogP contribution is -2.49. The molecule has 0 aromatic rings. The maximum Gasteiger partial charge on any atom is 0.408 e. The summed E-state index contributed by atoms with van der Waals surface area (Å²) in [4.78, 5) is 11.5. The molecule has 0 aliphatic carbocycles. The van der Waals surface area contributed by atoms with E-state index in [9.17, 15) is 4.79 Å². The van der Waals surface area contributed by atoms with Gasteiger partial charge in [-0.2, -0.15) is 0 Å². The largest absolute Gasteiger partial charge is 0.444 e. The third-order valence-electron chi connectivity index (χ3n) is 2.17. The van der Waals surface area contributed by atoms with E-state index in [0.717, 1.165) is 19.5 Å². The average Bonchev–Trinajstić information content (AvgIpc) is 2.30. The molecular weight excluding hydrogens is 180 g/mol. The predicted octanol–water partition coefficient (Wildman–Crippen LogP) is 1.26. The van der Waals surface area contributed by atoms with Crippen molar-refractivity contribution in [2.45, 2.75) is 45.3 Å². The Hall–Kier alpha value is -0.770. The second-order valence-corrected chi connectivity index (χ2v) is 5.11. The van der Waals surface area contributed by atoms with E-state index in [1.165, 1.54) is 0 Å². The minimum absolute atomic E-state index is 0.150. The van der Waals surface area contributed by atoms with Crippen LogP contribution in [-0.4, -0.2) is 30.3 Å². The van der Waals surface area contributed by atoms with E-state index in [1.54, 1.807) is 0 Å². The summed E-state index contributed by atoms with van der Waals surface area (Å²) in [6.07, 6.45) is 0.621. The molecule has 0 spiro atoms. The first kappa shape index (κ1) is 11.3. The minimum Gasteiger partial charge on any atom is -0.444 e. The van der Waals surface area contributed by atoms with Crippen LogP contribution in [0.5, 0.6) is 0 Å². The van der Waals surface area contributed by atoms with Crippen molar-refractivity contribution in [3.8, 4) is 0 Å². The Bertz CT molecular complexity index is 215. The molecule has 1 unspecified atom stereocenters. The second-order valence-electron chi connectivity index (χ2n) is 5.11. The second kappa shape index (κ2) is 3.77. The molecule has 1 heterocycles. The first-order valence-electron chi connectivity index (χ1n) is 5.03. The van der Waals surface area contributed by atoms with Crippen LogP contribution in [0.3, 0.4) is 0 Å². The molecule has 0 radical (unpaired) electrons. The molecule has 0 aromatic heterocycles. The first-order valence-corrected chi connectivity index (χ1v) is 5.03. The quantitative estimate of drug-likeness (QED) is 0.670. The van der Waals surface area contributed by atoms with Crippen LogP contribution in [0.15, 0.2) is 0 Å². The van der Waals surface area contributed by atoms with Crippen molar-refractivity contribution in [2.24, 2.45) is 0 Å². The van der Waals surface area contributed by atoms with Crippen LogP contribution in [0.1, 0.15) is 34.1 Å². The number of hydrogen-bond acceptors (Lipinski definition) is 3. The smallest absolute Gasteiger partial charge is 0.408 e. The summed E-state index contributed by atoms with van der Waals surface area (Å²) in [7, 11) is 0. The van der Waals surface area contributed by atoms with Gasteiger partial charge in [-0.15, -0.1) is 0 Å². The maximum atomic E-state index is 11.5. The monoisotopic (exact) mass is 200 g/mol. The molecule has 2 N–H and O–H groups in total. The highest BCUT2D eigenvalue weighted by Gasteiger charge is 2.31. The molecule has 1 aliphatic rings. The van der Waals surface area contributed by atoms with Crippen molar-refractivity contribution < 1.29 is 9.53 Å². The Kier molecular flexibility index (Phi) is 3.04. The van der Waals surface area contributed by atoms with Gasteiger partial charge in [-0.05, 0) is 40.7 Å². The van der Waals surface area contributed by atoms with Crippen LogP contribution in [0, 0.1) is 0 Å². The van der Waals surface area contributed by atoms with E-state index in [1.807, 2.05) is 27.7 Å². The van der Waals surface area contributed by atoms with Crippen molar-refractivity contribution in [3.05, 3.63) is 0 Å². The topological polar surface area (TPSA) is 50.4 Å². The van der Waals surface area contributed by atoms with Gasteiger partial charge in [-0.25, -0.2) is 4.79 Å². The molecule has 4 nitrogen and oxygen atoms in total. The molecule has 1 saturated heterocycles. The summed E-state index contributed by atoms with van der Waals surface area (Å²) in [5, 5.41) is 6.10. The fourth-order valence-electron chi connectivity index (χ4n) is 1.47. The van der Waals surface area contributed by atoms with Gasteiger partial charge in [0, 0.05) is 6.54 Å². The Morgan fingerprint density at radius 1 is 1.50 bits per heavy atom. The van der Waals surface area contributed by atoms with Crippen molar-refractivity contribution in [2.75, 3.05) is 13.1 Å². The van der Waals surface area contributed by atoms with Crippen molar-refractivity contribution >= 4 is 6.09 Å². The predicted molar refractivity (Wildman–Crippen MR) is 55.3 cm³/mol. The zero-order valence-electron chi connectivity index (χ0n) is 9.44. The molecule has 14 heavy (non-hydrogen) atoms. The van der Waals surface area contributed by atoms with E-state index in [2.05, 4.69) is 10.6 Å². The molecule has 1 fully saturated rings. The van der Waals surface area contributed by atoms with Crippen LogP contribution < -0.4 is 10.6 Å². The Balaban J connectivity index is 2.40. The van der Waals surface area contributed by atoms with E-state index in [4.69, 9.17) is 4.74 Å². The number of rotatable bonds is 1. The number of hydrogen-bond donors (Lipinski definition) is 2. The zero-order chi connectivity index (χ0) is 10.8. The standard InChI is InChI=1S/C10H20N2O2/c1-9(2,3)14-8(13)12-10(4)5-6-11-7-10/h11H,5-7H2,1-4H3,(H,12,13). The molecule has 0 saturated carbocycles.